The fourth-order valence-corrected chi connectivity index (χ4v) is 2.26. The Kier molecular flexibility index (Phi) is 1.99. The predicted octanol–water partition coefficient (Wildman–Crippen LogP) is 1.28. The van der Waals surface area contributed by atoms with Gasteiger partial charge in [0, 0.05) is 0 Å². The van der Waals surface area contributed by atoms with Crippen LogP contribution in [0, 0.1) is 11.8 Å². The largest absolute Gasteiger partial charge is 0.489 e. The van der Waals surface area contributed by atoms with Gasteiger partial charge in [-0.1, -0.05) is 18.2 Å². The van der Waals surface area contributed by atoms with Crippen molar-refractivity contribution in [1.29, 1.82) is 0 Å². The molecule has 1 aromatic carbocycles. The molecule has 1 aliphatic heterocycles. The van der Waals surface area contributed by atoms with E-state index in [1.54, 1.807) is 0 Å². The van der Waals surface area contributed by atoms with Gasteiger partial charge in [0.25, 0.3) is 0 Å². The van der Waals surface area contributed by atoms with E-state index in [9.17, 15) is 4.79 Å². The smallest absolute Gasteiger partial charge is 0.151 e. The van der Waals surface area contributed by atoms with Crippen LogP contribution in [-0.2, 0) is 9.53 Å². The van der Waals surface area contributed by atoms with Crippen molar-refractivity contribution >= 4 is 5.78 Å². The molecule has 1 aromatic rings. The van der Waals surface area contributed by atoms with Crippen molar-refractivity contribution in [2.24, 2.45) is 11.8 Å². The second-order valence-electron chi connectivity index (χ2n) is 4.05. The zero-order valence-corrected chi connectivity index (χ0v) is 8.26. The third-order valence-electron chi connectivity index (χ3n) is 3.13. The minimum Gasteiger partial charge on any atom is -0.489 e. The molecule has 1 aliphatic carbocycles. The van der Waals surface area contributed by atoms with Gasteiger partial charge in [0.2, 0.25) is 0 Å². The number of carbonyl (C=O) groups is 1. The quantitative estimate of drug-likeness (QED) is 0.728. The highest BCUT2D eigenvalue weighted by Gasteiger charge is 2.54. The first kappa shape index (κ1) is 8.92. The van der Waals surface area contributed by atoms with Gasteiger partial charge in [0.15, 0.2) is 5.78 Å². The summed E-state index contributed by atoms with van der Waals surface area (Å²) in [4.78, 5) is 11.5. The number of fused-ring (bicyclic) bond motifs is 2. The van der Waals surface area contributed by atoms with E-state index in [2.05, 4.69) is 0 Å². The summed E-state index contributed by atoms with van der Waals surface area (Å²) in [6.45, 7) is 1.04. The van der Waals surface area contributed by atoms with Gasteiger partial charge >= 0.3 is 0 Å². The molecule has 1 saturated heterocycles. The van der Waals surface area contributed by atoms with Crippen molar-refractivity contribution in [3.63, 3.8) is 0 Å². The van der Waals surface area contributed by atoms with Crippen LogP contribution in [0.3, 0.4) is 0 Å². The van der Waals surface area contributed by atoms with Crippen LogP contribution in [0.4, 0.5) is 0 Å². The Morgan fingerprint density at radius 3 is 2.40 bits per heavy atom. The summed E-state index contributed by atoms with van der Waals surface area (Å²) < 4.78 is 11.1. The molecule has 2 bridgehead atoms. The maximum Gasteiger partial charge on any atom is 0.151 e. The molecule has 0 aromatic heterocycles. The predicted molar refractivity (Wildman–Crippen MR) is 53.7 cm³/mol. The molecular weight excluding hydrogens is 192 g/mol. The molecule has 3 atom stereocenters. The maximum atomic E-state index is 11.5. The Morgan fingerprint density at radius 2 is 1.80 bits per heavy atom. The SMILES string of the molecule is O=C1[C@H]2COC[C@@H]1C2Oc1ccccc1. The summed E-state index contributed by atoms with van der Waals surface area (Å²) in [5, 5.41) is 0. The van der Waals surface area contributed by atoms with E-state index in [4.69, 9.17) is 9.47 Å². The number of para-hydroxylation sites is 1. The highest BCUT2D eigenvalue weighted by molar-refractivity contribution is 5.92. The number of carbonyl (C=O) groups excluding carboxylic acids is 1. The molecule has 2 fully saturated rings. The fraction of sp³-hybridized carbons (Fsp3) is 0.417. The molecule has 0 N–H and O–H groups in total. The Bertz CT molecular complexity index is 360. The number of ether oxygens (including phenoxy) is 2. The van der Waals surface area contributed by atoms with Crippen molar-refractivity contribution in [3.8, 4) is 5.75 Å². The highest BCUT2D eigenvalue weighted by Crippen LogP contribution is 2.38. The van der Waals surface area contributed by atoms with Crippen LogP contribution in [0.1, 0.15) is 0 Å². The lowest BCUT2D eigenvalue weighted by Gasteiger charge is -2.46. The Hall–Kier alpha value is -1.35. The number of Topliss-reactive ketones (excluding diaryl/α,β-unsaturated/α-hetero) is 1. The average molecular weight is 204 g/mol. The van der Waals surface area contributed by atoms with Crippen molar-refractivity contribution in [1.82, 2.24) is 0 Å². The first-order valence-electron chi connectivity index (χ1n) is 5.19. The highest BCUT2D eigenvalue weighted by atomic mass is 16.5. The lowest BCUT2D eigenvalue weighted by molar-refractivity contribution is -0.175. The molecule has 1 heterocycles. The Labute approximate surface area is 88.0 Å². The molecule has 0 amide bonds. The van der Waals surface area contributed by atoms with E-state index < -0.39 is 0 Å². The van der Waals surface area contributed by atoms with Crippen LogP contribution in [0.25, 0.3) is 0 Å². The van der Waals surface area contributed by atoms with Gasteiger partial charge in [0.1, 0.15) is 11.9 Å². The van der Waals surface area contributed by atoms with Crippen LogP contribution in [-0.4, -0.2) is 25.1 Å². The van der Waals surface area contributed by atoms with E-state index in [0.29, 0.717) is 19.0 Å². The second-order valence-corrected chi connectivity index (χ2v) is 4.05. The molecule has 15 heavy (non-hydrogen) atoms. The number of rotatable bonds is 2. The monoisotopic (exact) mass is 204 g/mol. The normalized spacial score (nSPS) is 33.3. The van der Waals surface area contributed by atoms with Gasteiger partial charge in [0.05, 0.1) is 25.0 Å². The van der Waals surface area contributed by atoms with Crippen LogP contribution in [0.2, 0.25) is 0 Å². The van der Waals surface area contributed by atoms with Gasteiger partial charge in [-0.3, -0.25) is 4.79 Å². The fourth-order valence-electron chi connectivity index (χ4n) is 2.26. The minimum absolute atomic E-state index is 0.0358. The molecule has 0 radical (unpaired) electrons. The van der Waals surface area contributed by atoms with E-state index in [-0.39, 0.29) is 17.9 Å². The molecule has 3 rings (SSSR count). The zero-order valence-electron chi connectivity index (χ0n) is 8.26. The summed E-state index contributed by atoms with van der Waals surface area (Å²) in [5.41, 5.74) is 0. The summed E-state index contributed by atoms with van der Waals surface area (Å²) in [7, 11) is 0. The van der Waals surface area contributed by atoms with E-state index in [0.717, 1.165) is 5.75 Å². The first-order valence-corrected chi connectivity index (χ1v) is 5.19. The molecule has 1 saturated carbocycles. The molecular formula is C12H12O3. The summed E-state index contributed by atoms with van der Waals surface area (Å²) >= 11 is 0. The van der Waals surface area contributed by atoms with Crippen molar-refractivity contribution in [2.45, 2.75) is 6.10 Å². The second kappa shape index (κ2) is 3.35. The summed E-state index contributed by atoms with van der Waals surface area (Å²) in [6, 6.07) is 9.64. The van der Waals surface area contributed by atoms with Crippen molar-refractivity contribution in [3.05, 3.63) is 30.3 Å². The van der Waals surface area contributed by atoms with Gasteiger partial charge in [-0.05, 0) is 12.1 Å². The number of hydrogen-bond donors (Lipinski definition) is 0. The maximum absolute atomic E-state index is 11.5. The van der Waals surface area contributed by atoms with E-state index in [1.807, 2.05) is 30.3 Å². The Balaban J connectivity index is 1.73. The first-order chi connectivity index (χ1) is 7.36. The molecule has 1 unspecified atom stereocenters. The topological polar surface area (TPSA) is 35.5 Å². The molecule has 3 nitrogen and oxygen atoms in total. The van der Waals surface area contributed by atoms with E-state index in [1.165, 1.54) is 0 Å². The summed E-state index contributed by atoms with van der Waals surface area (Å²) in [5.74, 6) is 1.07. The molecule has 2 aliphatic rings. The lowest BCUT2D eigenvalue weighted by Crippen LogP contribution is -2.62. The van der Waals surface area contributed by atoms with Gasteiger partial charge in [-0.15, -0.1) is 0 Å². The molecule has 3 heteroatoms. The number of benzene rings is 1. The zero-order chi connectivity index (χ0) is 10.3. The minimum atomic E-state index is -0.0380. The average Bonchev–Trinajstić information content (AvgIpc) is 2.32. The van der Waals surface area contributed by atoms with Crippen LogP contribution >= 0.6 is 0 Å². The van der Waals surface area contributed by atoms with Crippen molar-refractivity contribution in [2.75, 3.05) is 13.2 Å². The van der Waals surface area contributed by atoms with Crippen LogP contribution in [0.5, 0.6) is 5.75 Å². The van der Waals surface area contributed by atoms with Gasteiger partial charge in [-0.25, -0.2) is 0 Å². The molecule has 78 valence electrons. The van der Waals surface area contributed by atoms with Crippen LogP contribution < -0.4 is 4.74 Å². The van der Waals surface area contributed by atoms with Gasteiger partial charge in [-0.2, -0.15) is 0 Å². The van der Waals surface area contributed by atoms with Gasteiger partial charge < -0.3 is 9.47 Å². The number of ketones is 1. The third kappa shape index (κ3) is 1.35. The van der Waals surface area contributed by atoms with Crippen molar-refractivity contribution < 1.29 is 14.3 Å². The standard InChI is InChI=1S/C12H12O3/c13-11-9-6-14-7-10(11)12(9)15-8-4-2-1-3-5-8/h1-5,9-10,12H,6-7H2/t9-,10+,12?. The summed E-state index contributed by atoms with van der Waals surface area (Å²) in [6.07, 6.45) is 0.0358. The van der Waals surface area contributed by atoms with Crippen LogP contribution in [0.15, 0.2) is 30.3 Å². The number of hydrogen-bond acceptors (Lipinski definition) is 3. The van der Waals surface area contributed by atoms with E-state index >= 15 is 0 Å². The molecule has 0 spiro atoms. The Morgan fingerprint density at radius 1 is 1.13 bits per heavy atom. The lowest BCUT2D eigenvalue weighted by atomic mass is 9.69. The third-order valence-corrected chi connectivity index (χ3v) is 3.13.